The molecule has 1 aromatic carbocycles. The van der Waals surface area contributed by atoms with E-state index in [9.17, 15) is 9.59 Å². The SMILES string of the molecule is CC(=O)NNC(=O)c1ccc(Br)cc1. The molecule has 0 aliphatic rings. The topological polar surface area (TPSA) is 58.2 Å². The van der Waals surface area contributed by atoms with Crippen molar-refractivity contribution in [2.75, 3.05) is 0 Å². The van der Waals surface area contributed by atoms with Gasteiger partial charge in [-0.3, -0.25) is 20.4 Å². The molecule has 0 aliphatic carbocycles. The second-order valence-corrected chi connectivity index (χ2v) is 3.56. The van der Waals surface area contributed by atoms with Crippen molar-refractivity contribution in [3.05, 3.63) is 34.3 Å². The molecule has 0 saturated carbocycles. The van der Waals surface area contributed by atoms with Gasteiger partial charge in [-0.05, 0) is 24.3 Å². The molecule has 0 unspecified atom stereocenters. The van der Waals surface area contributed by atoms with Gasteiger partial charge in [-0.15, -0.1) is 0 Å². The molecule has 2 N–H and O–H groups in total. The molecule has 0 saturated heterocycles. The maximum absolute atomic E-state index is 11.3. The van der Waals surface area contributed by atoms with Crippen molar-refractivity contribution in [2.24, 2.45) is 0 Å². The maximum atomic E-state index is 11.3. The summed E-state index contributed by atoms with van der Waals surface area (Å²) < 4.78 is 0.897. The number of carbonyl (C=O) groups is 2. The van der Waals surface area contributed by atoms with Crippen molar-refractivity contribution >= 4 is 27.7 Å². The molecule has 1 aromatic rings. The molecule has 0 heterocycles. The van der Waals surface area contributed by atoms with Gasteiger partial charge in [0.05, 0.1) is 0 Å². The first-order valence-electron chi connectivity index (χ1n) is 3.92. The van der Waals surface area contributed by atoms with Crippen molar-refractivity contribution in [1.29, 1.82) is 0 Å². The quantitative estimate of drug-likeness (QED) is 0.743. The van der Waals surface area contributed by atoms with Crippen molar-refractivity contribution in [3.8, 4) is 0 Å². The van der Waals surface area contributed by atoms with Crippen molar-refractivity contribution in [1.82, 2.24) is 10.9 Å². The Bertz CT molecular complexity index is 348. The highest BCUT2D eigenvalue weighted by atomic mass is 79.9. The predicted molar refractivity (Wildman–Crippen MR) is 55.4 cm³/mol. The molecule has 5 heteroatoms. The number of halogens is 1. The summed E-state index contributed by atoms with van der Waals surface area (Å²) >= 11 is 3.26. The summed E-state index contributed by atoms with van der Waals surface area (Å²) in [6.07, 6.45) is 0. The zero-order valence-corrected chi connectivity index (χ0v) is 9.09. The van der Waals surface area contributed by atoms with Gasteiger partial charge in [-0.1, -0.05) is 15.9 Å². The minimum Gasteiger partial charge on any atom is -0.274 e. The summed E-state index contributed by atoms with van der Waals surface area (Å²) in [5.41, 5.74) is 4.96. The molecule has 0 bridgehead atoms. The van der Waals surface area contributed by atoms with Gasteiger partial charge in [0.25, 0.3) is 5.91 Å². The van der Waals surface area contributed by atoms with E-state index in [1.54, 1.807) is 24.3 Å². The summed E-state index contributed by atoms with van der Waals surface area (Å²) in [4.78, 5) is 21.8. The summed E-state index contributed by atoms with van der Waals surface area (Å²) in [5, 5.41) is 0. The fourth-order valence-corrected chi connectivity index (χ4v) is 1.08. The number of amides is 2. The van der Waals surface area contributed by atoms with Crippen LogP contribution in [0.25, 0.3) is 0 Å². The standard InChI is InChI=1S/C9H9BrN2O2/c1-6(13)11-12-9(14)7-2-4-8(10)5-3-7/h2-5H,1H3,(H,11,13)(H,12,14). The van der Waals surface area contributed by atoms with E-state index in [2.05, 4.69) is 26.8 Å². The summed E-state index contributed by atoms with van der Waals surface area (Å²) in [6, 6.07) is 6.81. The highest BCUT2D eigenvalue weighted by Gasteiger charge is 2.04. The molecule has 0 spiro atoms. The van der Waals surface area contributed by atoms with E-state index in [0.717, 1.165) is 4.47 Å². The Kier molecular flexibility index (Phi) is 3.64. The average molecular weight is 257 g/mol. The van der Waals surface area contributed by atoms with Crippen LogP contribution in [-0.2, 0) is 4.79 Å². The number of benzene rings is 1. The Labute approximate surface area is 89.8 Å². The lowest BCUT2D eigenvalue weighted by atomic mass is 10.2. The molecule has 0 atom stereocenters. The van der Waals surface area contributed by atoms with Crippen LogP contribution in [0.3, 0.4) is 0 Å². The van der Waals surface area contributed by atoms with Gasteiger partial charge in [0, 0.05) is 17.0 Å². The van der Waals surface area contributed by atoms with Gasteiger partial charge >= 0.3 is 0 Å². The van der Waals surface area contributed by atoms with E-state index in [1.807, 2.05) is 0 Å². The molecule has 0 aromatic heterocycles. The average Bonchev–Trinajstić information content (AvgIpc) is 2.15. The van der Waals surface area contributed by atoms with Crippen LogP contribution in [0.5, 0.6) is 0 Å². The lowest BCUT2D eigenvalue weighted by Crippen LogP contribution is -2.40. The Balaban J connectivity index is 2.61. The third-order valence-electron chi connectivity index (χ3n) is 1.46. The van der Waals surface area contributed by atoms with Crippen LogP contribution in [0, 0.1) is 0 Å². The van der Waals surface area contributed by atoms with E-state index in [1.165, 1.54) is 6.92 Å². The molecule has 4 nitrogen and oxygen atoms in total. The van der Waals surface area contributed by atoms with Gasteiger partial charge in [-0.2, -0.15) is 0 Å². The van der Waals surface area contributed by atoms with Crippen molar-refractivity contribution in [3.63, 3.8) is 0 Å². The predicted octanol–water partition coefficient (Wildman–Crippen LogP) is 1.23. The highest BCUT2D eigenvalue weighted by Crippen LogP contribution is 2.09. The van der Waals surface area contributed by atoms with Gasteiger partial charge in [0.2, 0.25) is 5.91 Å². The second-order valence-electron chi connectivity index (χ2n) is 2.64. The molecular weight excluding hydrogens is 248 g/mol. The fraction of sp³-hybridized carbons (Fsp3) is 0.111. The van der Waals surface area contributed by atoms with E-state index >= 15 is 0 Å². The minimum atomic E-state index is -0.340. The summed E-state index contributed by atoms with van der Waals surface area (Å²) in [6.45, 7) is 1.32. The number of nitrogens with one attached hydrogen (secondary N) is 2. The molecule has 0 aliphatic heterocycles. The largest absolute Gasteiger partial charge is 0.274 e. The minimum absolute atomic E-state index is 0.310. The van der Waals surface area contributed by atoms with E-state index in [-0.39, 0.29) is 11.8 Å². The van der Waals surface area contributed by atoms with Crippen molar-refractivity contribution in [2.45, 2.75) is 6.92 Å². The third-order valence-corrected chi connectivity index (χ3v) is 1.99. The first-order chi connectivity index (χ1) is 6.59. The van der Waals surface area contributed by atoms with Crippen molar-refractivity contribution < 1.29 is 9.59 Å². The molecule has 0 fully saturated rings. The van der Waals surface area contributed by atoms with Crippen LogP contribution in [-0.4, -0.2) is 11.8 Å². The Morgan fingerprint density at radius 1 is 1.14 bits per heavy atom. The maximum Gasteiger partial charge on any atom is 0.269 e. The number of hydrogen-bond acceptors (Lipinski definition) is 2. The third kappa shape index (κ3) is 3.18. The van der Waals surface area contributed by atoms with E-state index in [0.29, 0.717) is 5.56 Å². The molecule has 1 rings (SSSR count). The first-order valence-corrected chi connectivity index (χ1v) is 4.71. The molecule has 14 heavy (non-hydrogen) atoms. The smallest absolute Gasteiger partial charge is 0.269 e. The Hall–Kier alpha value is -1.36. The molecule has 0 radical (unpaired) electrons. The monoisotopic (exact) mass is 256 g/mol. The molecule has 74 valence electrons. The van der Waals surface area contributed by atoms with Gasteiger partial charge in [0.15, 0.2) is 0 Å². The van der Waals surface area contributed by atoms with E-state index in [4.69, 9.17) is 0 Å². The number of carbonyl (C=O) groups excluding carboxylic acids is 2. The fourth-order valence-electron chi connectivity index (χ4n) is 0.818. The van der Waals surface area contributed by atoms with Crippen LogP contribution >= 0.6 is 15.9 Å². The summed E-state index contributed by atoms with van der Waals surface area (Å²) in [7, 11) is 0. The Morgan fingerprint density at radius 3 is 2.21 bits per heavy atom. The number of hydrogen-bond donors (Lipinski definition) is 2. The first kappa shape index (κ1) is 10.7. The lowest BCUT2D eigenvalue weighted by molar-refractivity contribution is -0.119. The second kappa shape index (κ2) is 4.76. The highest BCUT2D eigenvalue weighted by molar-refractivity contribution is 9.10. The van der Waals surface area contributed by atoms with Gasteiger partial charge in [-0.25, -0.2) is 0 Å². The van der Waals surface area contributed by atoms with E-state index < -0.39 is 0 Å². The zero-order chi connectivity index (χ0) is 10.6. The molecular formula is C9H9BrN2O2. The number of rotatable bonds is 1. The number of hydrazine groups is 1. The lowest BCUT2D eigenvalue weighted by Gasteiger charge is -2.04. The van der Waals surface area contributed by atoms with Crippen LogP contribution in [0.15, 0.2) is 28.7 Å². The van der Waals surface area contributed by atoms with Gasteiger partial charge in [0.1, 0.15) is 0 Å². The van der Waals surface area contributed by atoms with Crippen LogP contribution in [0.4, 0.5) is 0 Å². The van der Waals surface area contributed by atoms with Crippen LogP contribution < -0.4 is 10.9 Å². The summed E-state index contributed by atoms with van der Waals surface area (Å²) in [5.74, 6) is -0.650. The van der Waals surface area contributed by atoms with Gasteiger partial charge < -0.3 is 0 Å². The molecule has 2 amide bonds. The normalized spacial score (nSPS) is 9.29. The zero-order valence-electron chi connectivity index (χ0n) is 7.50. The van der Waals surface area contributed by atoms with Crippen LogP contribution in [0.1, 0.15) is 17.3 Å². The Morgan fingerprint density at radius 2 is 1.71 bits per heavy atom. The van der Waals surface area contributed by atoms with Crippen LogP contribution in [0.2, 0.25) is 0 Å².